The van der Waals surface area contributed by atoms with E-state index in [2.05, 4.69) is 30.8 Å². The lowest BCUT2D eigenvalue weighted by atomic mass is 9.78. The first-order valence-electron chi connectivity index (χ1n) is 9.88. The number of fused-ring (bicyclic) bond motifs is 1. The van der Waals surface area contributed by atoms with Crippen LogP contribution in [0.15, 0.2) is 42.1 Å². The van der Waals surface area contributed by atoms with Crippen molar-refractivity contribution >= 4 is 17.5 Å². The van der Waals surface area contributed by atoms with E-state index in [4.69, 9.17) is 16.3 Å². The summed E-state index contributed by atoms with van der Waals surface area (Å²) in [5.74, 6) is 6.90. The molecule has 29 heavy (non-hydrogen) atoms. The number of aromatic nitrogens is 2. The largest absolute Gasteiger partial charge is 0.477 e. The Morgan fingerprint density at radius 2 is 2.21 bits per heavy atom. The highest BCUT2D eigenvalue weighted by Gasteiger charge is 2.35. The zero-order valence-electron chi connectivity index (χ0n) is 16.7. The van der Waals surface area contributed by atoms with Crippen LogP contribution in [0, 0.1) is 17.3 Å². The summed E-state index contributed by atoms with van der Waals surface area (Å²) in [6.45, 7) is 7.05. The Labute approximate surface area is 176 Å². The highest BCUT2D eigenvalue weighted by molar-refractivity contribution is 6.30. The molecule has 0 unspecified atom stereocenters. The molecule has 0 radical (unpaired) electrons. The van der Waals surface area contributed by atoms with E-state index < -0.39 is 0 Å². The average Bonchev–Trinajstić information content (AvgIpc) is 3.12. The zero-order valence-corrected chi connectivity index (χ0v) is 17.5. The first kappa shape index (κ1) is 19.6. The second kappa shape index (κ2) is 7.96. The standard InChI is InChI=1S/C23H24ClN3O2/c1-23(2)16-26(21(28)20-15-25-27-11-5-13-29-22(20)27)12-10-18(23)8-3-6-17-7-4-9-19(24)14-17/h4,7-9,14-15H,5,10-13,16H2,1-2H3/b18-8+. The van der Waals surface area contributed by atoms with E-state index in [0.717, 1.165) is 24.9 Å². The number of carbonyl (C=O) groups is 1. The van der Waals surface area contributed by atoms with E-state index in [1.165, 1.54) is 5.57 Å². The van der Waals surface area contributed by atoms with E-state index in [1.807, 2.05) is 35.2 Å². The average molecular weight is 410 g/mol. The van der Waals surface area contributed by atoms with E-state index in [-0.39, 0.29) is 11.3 Å². The summed E-state index contributed by atoms with van der Waals surface area (Å²) in [5.41, 5.74) is 2.56. The van der Waals surface area contributed by atoms with Crippen LogP contribution in [0.2, 0.25) is 5.02 Å². The predicted octanol–water partition coefficient (Wildman–Crippen LogP) is 4.17. The molecule has 1 fully saturated rings. The van der Waals surface area contributed by atoms with Crippen molar-refractivity contribution in [2.75, 3.05) is 19.7 Å². The predicted molar refractivity (Wildman–Crippen MR) is 113 cm³/mol. The highest BCUT2D eigenvalue weighted by atomic mass is 35.5. The Morgan fingerprint density at radius 1 is 1.34 bits per heavy atom. The topological polar surface area (TPSA) is 47.4 Å². The van der Waals surface area contributed by atoms with Gasteiger partial charge in [-0.1, -0.05) is 48.9 Å². The number of piperidine rings is 1. The van der Waals surface area contributed by atoms with Crippen molar-refractivity contribution in [3.63, 3.8) is 0 Å². The second-order valence-electron chi connectivity index (χ2n) is 8.10. The van der Waals surface area contributed by atoms with Crippen LogP contribution in [0.25, 0.3) is 0 Å². The molecule has 2 aliphatic heterocycles. The number of amides is 1. The van der Waals surface area contributed by atoms with Gasteiger partial charge in [0, 0.05) is 42.1 Å². The molecule has 1 saturated heterocycles. The molecule has 0 saturated carbocycles. The molecule has 1 amide bonds. The summed E-state index contributed by atoms with van der Waals surface area (Å²) in [6, 6.07) is 7.53. The van der Waals surface area contributed by atoms with Crippen molar-refractivity contribution in [3.8, 4) is 17.7 Å². The molecule has 150 valence electrons. The minimum atomic E-state index is -0.148. The van der Waals surface area contributed by atoms with Crippen molar-refractivity contribution in [3.05, 3.63) is 58.3 Å². The van der Waals surface area contributed by atoms with Gasteiger partial charge in [0.1, 0.15) is 5.56 Å². The number of ether oxygens (including phenoxy) is 1. The van der Waals surface area contributed by atoms with Gasteiger partial charge in [-0.15, -0.1) is 0 Å². The maximum Gasteiger partial charge on any atom is 0.261 e. The molecule has 3 heterocycles. The van der Waals surface area contributed by atoms with Gasteiger partial charge in [0.15, 0.2) is 0 Å². The monoisotopic (exact) mass is 409 g/mol. The maximum atomic E-state index is 13.1. The molecule has 4 rings (SSSR count). The third kappa shape index (κ3) is 4.18. The zero-order chi connectivity index (χ0) is 20.4. The molecule has 1 aromatic carbocycles. The Balaban J connectivity index is 1.48. The van der Waals surface area contributed by atoms with E-state index >= 15 is 0 Å². The van der Waals surface area contributed by atoms with Crippen molar-refractivity contribution in [2.24, 2.45) is 5.41 Å². The van der Waals surface area contributed by atoms with Crippen LogP contribution in [0.3, 0.4) is 0 Å². The third-order valence-electron chi connectivity index (χ3n) is 5.46. The van der Waals surface area contributed by atoms with Gasteiger partial charge in [0.05, 0.1) is 12.8 Å². The van der Waals surface area contributed by atoms with Gasteiger partial charge in [0.2, 0.25) is 5.88 Å². The molecule has 2 aromatic rings. The number of aryl methyl sites for hydroxylation is 1. The lowest BCUT2D eigenvalue weighted by molar-refractivity contribution is 0.0657. The van der Waals surface area contributed by atoms with Crippen LogP contribution in [0.5, 0.6) is 5.88 Å². The fourth-order valence-electron chi connectivity index (χ4n) is 3.85. The van der Waals surface area contributed by atoms with Crippen LogP contribution < -0.4 is 4.74 Å². The van der Waals surface area contributed by atoms with E-state index in [0.29, 0.717) is 36.2 Å². The number of nitrogens with zero attached hydrogens (tertiary/aromatic N) is 3. The lowest BCUT2D eigenvalue weighted by Gasteiger charge is -2.40. The van der Waals surface area contributed by atoms with E-state index in [1.54, 1.807) is 10.9 Å². The Hall–Kier alpha value is -2.71. The molecule has 6 heteroatoms. The van der Waals surface area contributed by atoms with Gasteiger partial charge in [-0.25, -0.2) is 4.68 Å². The van der Waals surface area contributed by atoms with Gasteiger partial charge < -0.3 is 9.64 Å². The molecular weight excluding hydrogens is 386 g/mol. The Morgan fingerprint density at radius 3 is 3.00 bits per heavy atom. The molecule has 0 spiro atoms. The van der Waals surface area contributed by atoms with Crippen molar-refractivity contribution in [1.29, 1.82) is 0 Å². The van der Waals surface area contributed by atoms with Gasteiger partial charge >= 0.3 is 0 Å². The van der Waals surface area contributed by atoms with Crippen LogP contribution in [-0.2, 0) is 6.54 Å². The highest BCUT2D eigenvalue weighted by Crippen LogP contribution is 2.35. The second-order valence-corrected chi connectivity index (χ2v) is 8.53. The molecule has 0 atom stereocenters. The van der Waals surface area contributed by atoms with Gasteiger partial charge in [0.25, 0.3) is 5.91 Å². The maximum absolute atomic E-state index is 13.1. The lowest BCUT2D eigenvalue weighted by Crippen LogP contribution is -2.45. The molecule has 0 aliphatic carbocycles. The van der Waals surface area contributed by atoms with Gasteiger partial charge in [-0.2, -0.15) is 5.10 Å². The number of hydrogen-bond donors (Lipinski definition) is 0. The van der Waals surface area contributed by atoms with E-state index in [9.17, 15) is 4.79 Å². The van der Waals surface area contributed by atoms with Crippen LogP contribution in [0.1, 0.15) is 42.6 Å². The van der Waals surface area contributed by atoms with Crippen LogP contribution >= 0.6 is 11.6 Å². The van der Waals surface area contributed by atoms with Gasteiger partial charge in [-0.05, 0) is 30.7 Å². The van der Waals surface area contributed by atoms with Crippen molar-refractivity contribution in [2.45, 2.75) is 33.2 Å². The van der Waals surface area contributed by atoms with Gasteiger partial charge in [-0.3, -0.25) is 4.79 Å². The smallest absolute Gasteiger partial charge is 0.261 e. The molecule has 0 N–H and O–H groups in total. The summed E-state index contributed by atoms with van der Waals surface area (Å²) < 4.78 is 7.48. The number of carbonyl (C=O) groups excluding carboxylic acids is 1. The number of likely N-dealkylation sites (tertiary alicyclic amines) is 1. The molecular formula is C23H24ClN3O2. The summed E-state index contributed by atoms with van der Waals surface area (Å²) in [4.78, 5) is 15.0. The minimum Gasteiger partial charge on any atom is -0.477 e. The molecule has 5 nitrogen and oxygen atoms in total. The summed E-state index contributed by atoms with van der Waals surface area (Å²) >= 11 is 6.01. The van der Waals surface area contributed by atoms with Crippen LogP contribution in [-0.4, -0.2) is 40.3 Å². The summed E-state index contributed by atoms with van der Waals surface area (Å²) in [5, 5.41) is 4.99. The molecule has 1 aromatic heterocycles. The number of hydrogen-bond acceptors (Lipinski definition) is 3. The summed E-state index contributed by atoms with van der Waals surface area (Å²) in [7, 11) is 0. The van der Waals surface area contributed by atoms with Crippen molar-refractivity contribution in [1.82, 2.24) is 14.7 Å². The summed E-state index contributed by atoms with van der Waals surface area (Å²) in [6.07, 6.45) is 5.35. The molecule has 0 bridgehead atoms. The Bertz CT molecular complexity index is 1030. The Kier molecular flexibility index (Phi) is 5.38. The fourth-order valence-corrected chi connectivity index (χ4v) is 4.04. The number of benzene rings is 1. The number of rotatable bonds is 1. The normalized spacial score (nSPS) is 19.1. The number of halogens is 1. The number of allylic oxidation sites excluding steroid dienone is 1. The fraction of sp³-hybridized carbons (Fsp3) is 0.391. The molecule has 2 aliphatic rings. The first-order chi connectivity index (χ1) is 13.9. The SMILES string of the molecule is CC1(C)CN(C(=O)c2cnn3c2OCCC3)CC/C1=C\C#Cc1cccc(Cl)c1. The minimum absolute atomic E-state index is 0.00899. The van der Waals surface area contributed by atoms with Crippen LogP contribution in [0.4, 0.5) is 0 Å². The third-order valence-corrected chi connectivity index (χ3v) is 5.69. The quantitative estimate of drug-likeness (QED) is 0.664. The first-order valence-corrected chi connectivity index (χ1v) is 10.3. The van der Waals surface area contributed by atoms with Crippen molar-refractivity contribution < 1.29 is 9.53 Å².